The highest BCUT2D eigenvalue weighted by atomic mass is 32.2. The summed E-state index contributed by atoms with van der Waals surface area (Å²) in [7, 11) is 0. The smallest absolute Gasteiger partial charge is 0.230 e. The summed E-state index contributed by atoms with van der Waals surface area (Å²) < 4.78 is 13.4. The van der Waals surface area contributed by atoms with Gasteiger partial charge in [0.25, 0.3) is 0 Å². The number of halogens is 1. The summed E-state index contributed by atoms with van der Waals surface area (Å²) in [6, 6.07) is 6.37. The van der Waals surface area contributed by atoms with Crippen LogP contribution in [0.25, 0.3) is 0 Å². The molecule has 0 fully saturated rings. The Balaban J connectivity index is 2.54. The summed E-state index contributed by atoms with van der Waals surface area (Å²) in [6.45, 7) is 3.75. The third-order valence-electron chi connectivity index (χ3n) is 3.26. The van der Waals surface area contributed by atoms with Gasteiger partial charge < -0.3 is 10.4 Å². The van der Waals surface area contributed by atoms with Crippen LogP contribution in [0.2, 0.25) is 0 Å². The topological polar surface area (TPSA) is 49.3 Å². The molecule has 106 valence electrons. The van der Waals surface area contributed by atoms with E-state index in [0.29, 0.717) is 17.7 Å². The zero-order valence-corrected chi connectivity index (χ0v) is 12.1. The molecule has 3 nitrogen and oxygen atoms in total. The fourth-order valence-corrected chi connectivity index (χ4v) is 2.47. The van der Waals surface area contributed by atoms with Crippen molar-refractivity contribution >= 4 is 17.7 Å². The van der Waals surface area contributed by atoms with Crippen molar-refractivity contribution in [2.24, 2.45) is 0 Å². The Morgan fingerprint density at radius 2 is 2.00 bits per heavy atom. The van der Waals surface area contributed by atoms with Gasteiger partial charge >= 0.3 is 0 Å². The van der Waals surface area contributed by atoms with Crippen molar-refractivity contribution in [1.82, 2.24) is 5.32 Å². The molecule has 0 aliphatic rings. The number of nitrogens with one attached hydrogen (secondary N) is 1. The molecule has 0 aromatic heterocycles. The van der Waals surface area contributed by atoms with E-state index in [1.807, 2.05) is 13.8 Å². The van der Waals surface area contributed by atoms with Crippen molar-refractivity contribution in [3.63, 3.8) is 0 Å². The SMILES string of the molecule is CCC(CC)(CO)NC(=O)CSc1ccccc1F. The van der Waals surface area contributed by atoms with Crippen molar-refractivity contribution in [1.29, 1.82) is 0 Å². The van der Waals surface area contributed by atoms with Crippen LogP contribution in [0.15, 0.2) is 29.2 Å². The van der Waals surface area contributed by atoms with Crippen LogP contribution in [0.3, 0.4) is 0 Å². The Bertz CT molecular complexity index is 413. The first-order valence-electron chi connectivity index (χ1n) is 6.36. The predicted molar refractivity (Wildman–Crippen MR) is 75.7 cm³/mol. The number of thioether (sulfide) groups is 1. The standard InChI is InChI=1S/C14H20FNO2S/c1-3-14(4-2,10-17)16-13(18)9-19-12-8-6-5-7-11(12)15/h5-8,17H,3-4,9-10H2,1-2H3,(H,16,18). The molecule has 2 N–H and O–H groups in total. The predicted octanol–water partition coefficient (Wildman–Crippen LogP) is 2.59. The second kappa shape index (κ2) is 7.50. The number of hydrogen-bond donors (Lipinski definition) is 2. The number of rotatable bonds is 7. The molecular weight excluding hydrogens is 265 g/mol. The summed E-state index contributed by atoms with van der Waals surface area (Å²) in [5.41, 5.74) is -0.563. The minimum atomic E-state index is -0.563. The van der Waals surface area contributed by atoms with E-state index in [4.69, 9.17) is 0 Å². The van der Waals surface area contributed by atoms with Gasteiger partial charge in [-0.25, -0.2) is 4.39 Å². The molecule has 0 heterocycles. The number of aliphatic hydroxyl groups is 1. The van der Waals surface area contributed by atoms with E-state index in [9.17, 15) is 14.3 Å². The average molecular weight is 285 g/mol. The van der Waals surface area contributed by atoms with E-state index in [-0.39, 0.29) is 24.1 Å². The molecule has 0 atom stereocenters. The third-order valence-corrected chi connectivity index (χ3v) is 4.30. The molecule has 5 heteroatoms. The molecule has 0 radical (unpaired) electrons. The molecule has 0 aliphatic carbocycles. The molecule has 1 aromatic carbocycles. The van der Waals surface area contributed by atoms with Crippen LogP contribution in [0.1, 0.15) is 26.7 Å². The minimum absolute atomic E-state index is 0.0872. The normalized spacial score (nSPS) is 11.4. The lowest BCUT2D eigenvalue weighted by molar-refractivity contribution is -0.121. The van der Waals surface area contributed by atoms with E-state index >= 15 is 0 Å². The molecule has 0 unspecified atom stereocenters. The maximum absolute atomic E-state index is 13.4. The van der Waals surface area contributed by atoms with Crippen LogP contribution in [0, 0.1) is 5.82 Å². The molecule has 1 amide bonds. The first kappa shape index (κ1) is 16.0. The molecule has 0 saturated carbocycles. The fraction of sp³-hybridized carbons (Fsp3) is 0.500. The molecule has 19 heavy (non-hydrogen) atoms. The van der Waals surface area contributed by atoms with Gasteiger partial charge in [-0.15, -0.1) is 11.8 Å². The van der Waals surface area contributed by atoms with Crippen LogP contribution in [-0.2, 0) is 4.79 Å². The molecule has 1 aromatic rings. The lowest BCUT2D eigenvalue weighted by Crippen LogP contribution is -2.51. The van der Waals surface area contributed by atoms with Gasteiger partial charge in [-0.2, -0.15) is 0 Å². The van der Waals surface area contributed by atoms with E-state index in [1.165, 1.54) is 6.07 Å². The van der Waals surface area contributed by atoms with Crippen LogP contribution in [0.4, 0.5) is 4.39 Å². The van der Waals surface area contributed by atoms with Gasteiger partial charge in [0, 0.05) is 4.90 Å². The minimum Gasteiger partial charge on any atom is -0.394 e. The van der Waals surface area contributed by atoms with E-state index in [0.717, 1.165) is 11.8 Å². The molecule has 0 aliphatic heterocycles. The highest BCUT2D eigenvalue weighted by Crippen LogP contribution is 2.21. The first-order valence-corrected chi connectivity index (χ1v) is 7.34. The average Bonchev–Trinajstić information content (AvgIpc) is 2.44. The largest absolute Gasteiger partial charge is 0.394 e. The Hall–Kier alpha value is -1.07. The Kier molecular flexibility index (Phi) is 6.31. The molecular formula is C14H20FNO2S. The second-order valence-corrected chi connectivity index (χ2v) is 5.43. The van der Waals surface area contributed by atoms with Crippen LogP contribution >= 0.6 is 11.8 Å². The lowest BCUT2D eigenvalue weighted by Gasteiger charge is -2.30. The Morgan fingerprint density at radius 1 is 1.37 bits per heavy atom. The van der Waals surface area contributed by atoms with Crippen molar-refractivity contribution in [3.8, 4) is 0 Å². The van der Waals surface area contributed by atoms with Crippen LogP contribution in [0.5, 0.6) is 0 Å². The van der Waals surface area contributed by atoms with Gasteiger partial charge in [0.05, 0.1) is 17.9 Å². The van der Waals surface area contributed by atoms with E-state index in [2.05, 4.69) is 5.32 Å². The number of amides is 1. The summed E-state index contributed by atoms with van der Waals surface area (Å²) >= 11 is 1.16. The third kappa shape index (κ3) is 4.51. The number of carbonyl (C=O) groups is 1. The Morgan fingerprint density at radius 3 is 2.53 bits per heavy atom. The maximum atomic E-state index is 13.4. The van der Waals surface area contributed by atoms with Crippen molar-refractivity contribution < 1.29 is 14.3 Å². The van der Waals surface area contributed by atoms with E-state index < -0.39 is 5.54 Å². The first-order chi connectivity index (χ1) is 9.06. The summed E-state index contributed by atoms with van der Waals surface area (Å²) in [5.74, 6) is -0.367. The molecule has 1 rings (SSSR count). The second-order valence-electron chi connectivity index (χ2n) is 4.41. The van der Waals surface area contributed by atoms with Crippen LogP contribution < -0.4 is 5.32 Å². The van der Waals surface area contributed by atoms with Gasteiger partial charge in [-0.3, -0.25) is 4.79 Å². The van der Waals surface area contributed by atoms with Crippen molar-refractivity contribution in [2.75, 3.05) is 12.4 Å². The number of carbonyl (C=O) groups excluding carboxylic acids is 1. The zero-order valence-electron chi connectivity index (χ0n) is 11.3. The van der Waals surface area contributed by atoms with E-state index in [1.54, 1.807) is 18.2 Å². The van der Waals surface area contributed by atoms with Gasteiger partial charge in [-0.05, 0) is 25.0 Å². The van der Waals surface area contributed by atoms with Gasteiger partial charge in [0.15, 0.2) is 0 Å². The van der Waals surface area contributed by atoms with Crippen LogP contribution in [-0.4, -0.2) is 28.9 Å². The summed E-state index contributed by atoms with van der Waals surface area (Å²) in [6.07, 6.45) is 1.33. The summed E-state index contributed by atoms with van der Waals surface area (Å²) in [4.78, 5) is 12.3. The van der Waals surface area contributed by atoms with Gasteiger partial charge in [0.1, 0.15) is 5.82 Å². The highest BCUT2D eigenvalue weighted by Gasteiger charge is 2.26. The van der Waals surface area contributed by atoms with Crippen molar-refractivity contribution in [3.05, 3.63) is 30.1 Å². The quantitative estimate of drug-likeness (QED) is 0.757. The zero-order chi connectivity index (χ0) is 14.3. The lowest BCUT2D eigenvalue weighted by atomic mass is 9.94. The number of hydrogen-bond acceptors (Lipinski definition) is 3. The summed E-state index contributed by atoms with van der Waals surface area (Å²) in [5, 5.41) is 12.2. The number of aliphatic hydroxyl groups excluding tert-OH is 1. The van der Waals surface area contributed by atoms with Crippen molar-refractivity contribution in [2.45, 2.75) is 37.1 Å². The molecule has 0 bridgehead atoms. The maximum Gasteiger partial charge on any atom is 0.230 e. The molecule has 0 saturated heterocycles. The van der Waals surface area contributed by atoms with Gasteiger partial charge in [-0.1, -0.05) is 26.0 Å². The monoisotopic (exact) mass is 285 g/mol. The fourth-order valence-electron chi connectivity index (χ4n) is 1.73. The molecule has 0 spiro atoms. The van der Waals surface area contributed by atoms with Gasteiger partial charge in [0.2, 0.25) is 5.91 Å². The highest BCUT2D eigenvalue weighted by molar-refractivity contribution is 8.00. The number of benzene rings is 1. The Labute approximate surface area is 117 Å².